The number of carboxylic acid groups (broad SMARTS) is 1. The van der Waals surface area contributed by atoms with Crippen molar-refractivity contribution in [2.24, 2.45) is 5.92 Å². The van der Waals surface area contributed by atoms with Gasteiger partial charge in [-0.25, -0.2) is 0 Å². The van der Waals surface area contributed by atoms with Crippen LogP contribution in [0.4, 0.5) is 0 Å². The number of carbonyl (C=O) groups is 2. The number of amides is 1. The fourth-order valence-electron chi connectivity index (χ4n) is 1.68. The van der Waals surface area contributed by atoms with Crippen LogP contribution in [0.3, 0.4) is 0 Å². The molecule has 4 nitrogen and oxygen atoms in total. The molecule has 0 aromatic heterocycles. The van der Waals surface area contributed by atoms with Crippen LogP contribution in [-0.4, -0.2) is 34.5 Å². The quantitative estimate of drug-likeness (QED) is 0.651. The molecule has 2 atom stereocenters. The van der Waals surface area contributed by atoms with E-state index in [1.165, 1.54) is 0 Å². The minimum atomic E-state index is -0.869. The average molecular weight is 171 g/mol. The lowest BCUT2D eigenvalue weighted by molar-refractivity contribution is -0.142. The summed E-state index contributed by atoms with van der Waals surface area (Å²) in [5, 5.41) is 8.74. The third kappa shape index (κ3) is 1.29. The second kappa shape index (κ2) is 3.13. The van der Waals surface area contributed by atoms with Crippen molar-refractivity contribution in [2.45, 2.75) is 26.3 Å². The van der Waals surface area contributed by atoms with Crippen molar-refractivity contribution in [3.05, 3.63) is 0 Å². The second-order valence-electron chi connectivity index (χ2n) is 3.07. The van der Waals surface area contributed by atoms with E-state index in [0.29, 0.717) is 6.54 Å². The highest BCUT2D eigenvalue weighted by molar-refractivity contribution is 5.86. The monoisotopic (exact) mass is 171 g/mol. The van der Waals surface area contributed by atoms with Crippen molar-refractivity contribution in [3.8, 4) is 0 Å². The number of hydrogen-bond acceptors (Lipinski definition) is 2. The summed E-state index contributed by atoms with van der Waals surface area (Å²) in [6, 6.07) is -0.153. The van der Waals surface area contributed by atoms with Gasteiger partial charge < -0.3 is 10.0 Å². The smallest absolute Gasteiger partial charge is 0.309 e. The molecule has 0 bridgehead atoms. The summed E-state index contributed by atoms with van der Waals surface area (Å²) in [5.74, 6) is -1.43. The third-order valence-electron chi connectivity index (χ3n) is 2.45. The first-order valence-corrected chi connectivity index (χ1v) is 4.10. The lowest BCUT2D eigenvalue weighted by Crippen LogP contribution is -2.34. The summed E-state index contributed by atoms with van der Waals surface area (Å²) in [6.07, 6.45) is 0.157. The van der Waals surface area contributed by atoms with Crippen molar-refractivity contribution < 1.29 is 14.7 Å². The molecule has 0 aromatic carbocycles. The van der Waals surface area contributed by atoms with Crippen LogP contribution in [0, 0.1) is 5.92 Å². The molecule has 1 N–H and O–H groups in total. The van der Waals surface area contributed by atoms with Crippen LogP contribution in [0.2, 0.25) is 0 Å². The van der Waals surface area contributed by atoms with Gasteiger partial charge >= 0.3 is 5.97 Å². The highest BCUT2D eigenvalue weighted by atomic mass is 16.4. The molecule has 1 aliphatic rings. The van der Waals surface area contributed by atoms with Gasteiger partial charge in [-0.05, 0) is 13.8 Å². The molecule has 0 saturated carbocycles. The van der Waals surface area contributed by atoms with E-state index in [2.05, 4.69) is 0 Å². The Hall–Kier alpha value is -1.06. The van der Waals surface area contributed by atoms with Crippen LogP contribution < -0.4 is 0 Å². The van der Waals surface area contributed by atoms with Gasteiger partial charge in [0.15, 0.2) is 0 Å². The molecule has 0 spiro atoms. The minimum Gasteiger partial charge on any atom is -0.481 e. The van der Waals surface area contributed by atoms with Gasteiger partial charge in [-0.15, -0.1) is 0 Å². The predicted octanol–water partition coefficient (Wildman–Crippen LogP) is 0.328. The van der Waals surface area contributed by atoms with Crippen LogP contribution in [0.1, 0.15) is 20.3 Å². The number of carbonyl (C=O) groups excluding carboxylic acids is 1. The fourth-order valence-corrected chi connectivity index (χ4v) is 1.68. The molecule has 0 aliphatic carbocycles. The maximum atomic E-state index is 11.2. The zero-order valence-corrected chi connectivity index (χ0v) is 7.28. The zero-order chi connectivity index (χ0) is 9.30. The molecular formula is C8H13NO3. The molecule has 4 heteroatoms. The Balaban J connectivity index is 2.75. The summed E-state index contributed by atoms with van der Waals surface area (Å²) in [7, 11) is 0. The van der Waals surface area contributed by atoms with Gasteiger partial charge in [-0.1, -0.05) is 0 Å². The minimum absolute atomic E-state index is 0.0441. The van der Waals surface area contributed by atoms with Gasteiger partial charge in [0.2, 0.25) is 5.91 Å². The Bertz CT molecular complexity index is 214. The van der Waals surface area contributed by atoms with E-state index in [4.69, 9.17) is 5.11 Å². The van der Waals surface area contributed by atoms with E-state index in [9.17, 15) is 9.59 Å². The number of nitrogens with zero attached hydrogens (tertiary/aromatic N) is 1. The first-order chi connectivity index (χ1) is 5.57. The number of carboxylic acids is 1. The molecule has 1 heterocycles. The van der Waals surface area contributed by atoms with E-state index < -0.39 is 11.9 Å². The SMILES string of the molecule is CCN1C(=O)C[C@H](C(=O)O)[C@@H]1C. The van der Waals surface area contributed by atoms with Crippen molar-refractivity contribution >= 4 is 11.9 Å². The summed E-state index contributed by atoms with van der Waals surface area (Å²) in [5.41, 5.74) is 0. The Kier molecular flexibility index (Phi) is 2.35. The van der Waals surface area contributed by atoms with Crippen molar-refractivity contribution in [1.29, 1.82) is 0 Å². The number of aliphatic carboxylic acids is 1. The Morgan fingerprint density at radius 2 is 2.33 bits per heavy atom. The molecule has 0 unspecified atom stereocenters. The van der Waals surface area contributed by atoms with E-state index in [-0.39, 0.29) is 18.4 Å². The van der Waals surface area contributed by atoms with E-state index >= 15 is 0 Å². The van der Waals surface area contributed by atoms with E-state index in [1.54, 1.807) is 11.8 Å². The van der Waals surface area contributed by atoms with Crippen LogP contribution >= 0.6 is 0 Å². The Labute approximate surface area is 71.2 Å². The van der Waals surface area contributed by atoms with E-state index in [0.717, 1.165) is 0 Å². The molecule has 1 rings (SSSR count). The highest BCUT2D eigenvalue weighted by Gasteiger charge is 2.39. The van der Waals surface area contributed by atoms with Crippen molar-refractivity contribution in [3.63, 3.8) is 0 Å². The largest absolute Gasteiger partial charge is 0.481 e. The zero-order valence-electron chi connectivity index (χ0n) is 7.28. The van der Waals surface area contributed by atoms with Gasteiger partial charge in [0.25, 0.3) is 0 Å². The van der Waals surface area contributed by atoms with Crippen molar-refractivity contribution in [1.82, 2.24) is 4.90 Å². The normalized spacial score (nSPS) is 29.5. The van der Waals surface area contributed by atoms with Gasteiger partial charge in [-0.3, -0.25) is 9.59 Å². The van der Waals surface area contributed by atoms with Gasteiger partial charge in [0.1, 0.15) is 0 Å². The number of likely N-dealkylation sites (tertiary alicyclic amines) is 1. The maximum absolute atomic E-state index is 11.2. The lowest BCUT2D eigenvalue weighted by atomic mass is 10.0. The standard InChI is InChI=1S/C8H13NO3/c1-3-9-5(2)6(8(11)12)4-7(9)10/h5-6H,3-4H2,1-2H3,(H,11,12)/t5-,6-/m0/s1. The van der Waals surface area contributed by atoms with Crippen LogP contribution in [0.25, 0.3) is 0 Å². The van der Waals surface area contributed by atoms with Crippen LogP contribution in [0.15, 0.2) is 0 Å². The van der Waals surface area contributed by atoms with Crippen LogP contribution in [-0.2, 0) is 9.59 Å². The highest BCUT2D eigenvalue weighted by Crippen LogP contribution is 2.24. The molecule has 1 fully saturated rings. The summed E-state index contributed by atoms with van der Waals surface area (Å²) >= 11 is 0. The third-order valence-corrected chi connectivity index (χ3v) is 2.45. The first kappa shape index (κ1) is 9.03. The maximum Gasteiger partial charge on any atom is 0.309 e. The number of rotatable bonds is 2. The molecular weight excluding hydrogens is 158 g/mol. The second-order valence-corrected chi connectivity index (χ2v) is 3.07. The lowest BCUT2D eigenvalue weighted by Gasteiger charge is -2.20. The molecule has 12 heavy (non-hydrogen) atoms. The molecule has 1 aliphatic heterocycles. The molecule has 68 valence electrons. The molecule has 0 radical (unpaired) electrons. The summed E-state index contributed by atoms with van der Waals surface area (Å²) < 4.78 is 0. The predicted molar refractivity (Wildman–Crippen MR) is 42.6 cm³/mol. The Morgan fingerprint density at radius 3 is 2.58 bits per heavy atom. The van der Waals surface area contributed by atoms with Gasteiger partial charge in [0, 0.05) is 19.0 Å². The van der Waals surface area contributed by atoms with E-state index in [1.807, 2.05) is 6.92 Å². The van der Waals surface area contributed by atoms with Gasteiger partial charge in [0.05, 0.1) is 5.92 Å². The average Bonchev–Trinajstić information content (AvgIpc) is 2.27. The first-order valence-electron chi connectivity index (χ1n) is 4.10. The van der Waals surface area contributed by atoms with Crippen molar-refractivity contribution in [2.75, 3.05) is 6.54 Å². The molecule has 0 aromatic rings. The topological polar surface area (TPSA) is 57.6 Å². The fraction of sp³-hybridized carbons (Fsp3) is 0.750. The summed E-state index contributed by atoms with van der Waals surface area (Å²) in [4.78, 5) is 23.4. The number of hydrogen-bond donors (Lipinski definition) is 1. The molecule has 1 amide bonds. The summed E-state index contributed by atoms with van der Waals surface area (Å²) in [6.45, 7) is 4.25. The Morgan fingerprint density at radius 1 is 1.75 bits per heavy atom. The van der Waals surface area contributed by atoms with Crippen LogP contribution in [0.5, 0.6) is 0 Å². The molecule has 1 saturated heterocycles. The van der Waals surface area contributed by atoms with Gasteiger partial charge in [-0.2, -0.15) is 0 Å².